The summed E-state index contributed by atoms with van der Waals surface area (Å²) in [7, 11) is 1.96. The Morgan fingerprint density at radius 1 is 1.44 bits per heavy atom. The van der Waals surface area contributed by atoms with E-state index in [4.69, 9.17) is 4.42 Å². The maximum Gasteiger partial charge on any atom is 0.134 e. The second-order valence-corrected chi connectivity index (χ2v) is 5.87. The molecule has 1 aliphatic rings. The van der Waals surface area contributed by atoms with E-state index in [1.807, 2.05) is 24.9 Å². The number of nitrogens with one attached hydrogen (secondary N) is 1. The van der Waals surface area contributed by atoms with Crippen LogP contribution in [0, 0.1) is 11.7 Å². The van der Waals surface area contributed by atoms with Crippen LogP contribution in [0.3, 0.4) is 0 Å². The lowest BCUT2D eigenvalue weighted by Gasteiger charge is -2.19. The molecule has 2 heterocycles. The fourth-order valence-electron chi connectivity index (χ4n) is 2.61. The molecule has 18 heavy (non-hydrogen) atoms. The lowest BCUT2D eigenvalue weighted by atomic mass is 9.97. The number of benzene rings is 1. The van der Waals surface area contributed by atoms with E-state index in [1.54, 1.807) is 6.07 Å². The molecule has 0 amide bonds. The minimum atomic E-state index is -0.215. The summed E-state index contributed by atoms with van der Waals surface area (Å²) in [4.78, 5) is 0. The summed E-state index contributed by atoms with van der Waals surface area (Å²) < 4.78 is 19.0. The Bertz CT molecular complexity index is 548. The van der Waals surface area contributed by atoms with Gasteiger partial charge in [-0.1, -0.05) is 0 Å². The van der Waals surface area contributed by atoms with Crippen molar-refractivity contribution in [2.75, 3.05) is 18.6 Å². The molecule has 0 radical (unpaired) electrons. The Morgan fingerprint density at radius 3 is 3.06 bits per heavy atom. The number of halogens is 1. The van der Waals surface area contributed by atoms with Crippen LogP contribution in [0.1, 0.15) is 18.2 Å². The van der Waals surface area contributed by atoms with Crippen LogP contribution in [-0.4, -0.2) is 18.6 Å². The molecule has 1 saturated heterocycles. The number of rotatable bonds is 3. The molecule has 3 rings (SSSR count). The van der Waals surface area contributed by atoms with Gasteiger partial charge in [-0.05, 0) is 55.2 Å². The lowest BCUT2D eigenvalue weighted by molar-refractivity contribution is 0.357. The average Bonchev–Trinajstić information content (AvgIpc) is 2.98. The Kier molecular flexibility index (Phi) is 3.31. The fraction of sp³-hybridized carbons (Fsp3) is 0.429. The maximum atomic E-state index is 13.2. The predicted octanol–water partition coefficient (Wildman–Crippen LogP) is 3.59. The van der Waals surface area contributed by atoms with E-state index in [-0.39, 0.29) is 11.9 Å². The van der Waals surface area contributed by atoms with Crippen LogP contribution in [-0.2, 0) is 0 Å². The second kappa shape index (κ2) is 4.94. The molecule has 2 aromatic rings. The summed E-state index contributed by atoms with van der Waals surface area (Å²) in [6.07, 6.45) is 1.21. The topological polar surface area (TPSA) is 25.2 Å². The first-order valence-electron chi connectivity index (χ1n) is 6.22. The van der Waals surface area contributed by atoms with Crippen molar-refractivity contribution in [3.8, 4) is 0 Å². The van der Waals surface area contributed by atoms with Gasteiger partial charge in [0.05, 0.1) is 6.04 Å². The molecular formula is C14H16FNOS. The lowest BCUT2D eigenvalue weighted by Crippen LogP contribution is -2.24. The van der Waals surface area contributed by atoms with E-state index >= 15 is 0 Å². The molecule has 0 saturated carbocycles. The predicted molar refractivity (Wildman–Crippen MR) is 73.4 cm³/mol. The Morgan fingerprint density at radius 2 is 2.33 bits per heavy atom. The van der Waals surface area contributed by atoms with E-state index in [2.05, 4.69) is 5.32 Å². The molecule has 1 aromatic heterocycles. The first kappa shape index (κ1) is 12.1. The number of furan rings is 1. The van der Waals surface area contributed by atoms with Crippen molar-refractivity contribution >= 4 is 22.7 Å². The zero-order valence-electron chi connectivity index (χ0n) is 10.3. The minimum absolute atomic E-state index is 0.215. The highest BCUT2D eigenvalue weighted by Gasteiger charge is 2.28. The summed E-state index contributed by atoms with van der Waals surface area (Å²) in [6.45, 7) is 0. The first-order valence-corrected chi connectivity index (χ1v) is 7.37. The Hall–Kier alpha value is -1.000. The van der Waals surface area contributed by atoms with Crippen molar-refractivity contribution < 1.29 is 8.81 Å². The maximum absolute atomic E-state index is 13.2. The van der Waals surface area contributed by atoms with E-state index < -0.39 is 0 Å². The molecule has 2 nitrogen and oxygen atoms in total. The van der Waals surface area contributed by atoms with E-state index in [9.17, 15) is 4.39 Å². The highest BCUT2D eigenvalue weighted by atomic mass is 32.2. The zero-order valence-corrected chi connectivity index (χ0v) is 11.1. The number of hydrogen-bond donors (Lipinski definition) is 1. The van der Waals surface area contributed by atoms with Crippen molar-refractivity contribution in [2.45, 2.75) is 12.5 Å². The quantitative estimate of drug-likeness (QED) is 0.918. The number of fused-ring (bicyclic) bond motifs is 1. The molecule has 96 valence electrons. The molecule has 0 spiro atoms. The van der Waals surface area contributed by atoms with Gasteiger partial charge in [0.2, 0.25) is 0 Å². The third-order valence-corrected chi connectivity index (χ3v) is 4.74. The van der Waals surface area contributed by atoms with Gasteiger partial charge >= 0.3 is 0 Å². The minimum Gasteiger partial charge on any atom is -0.459 e. The highest BCUT2D eigenvalue weighted by Crippen LogP contribution is 2.36. The molecule has 0 bridgehead atoms. The van der Waals surface area contributed by atoms with Gasteiger partial charge in [-0.3, -0.25) is 0 Å². The van der Waals surface area contributed by atoms with Gasteiger partial charge in [0.25, 0.3) is 0 Å². The van der Waals surface area contributed by atoms with Crippen LogP contribution in [0.4, 0.5) is 4.39 Å². The molecule has 2 atom stereocenters. The van der Waals surface area contributed by atoms with Gasteiger partial charge in [-0.25, -0.2) is 4.39 Å². The van der Waals surface area contributed by atoms with E-state index in [1.165, 1.54) is 24.3 Å². The average molecular weight is 265 g/mol. The number of hydrogen-bond acceptors (Lipinski definition) is 3. The molecule has 2 unspecified atom stereocenters. The van der Waals surface area contributed by atoms with Crippen LogP contribution in [0.25, 0.3) is 11.0 Å². The Balaban J connectivity index is 1.96. The standard InChI is InChI=1S/C14H16FNOS/c1-16-14(9-4-5-18-8-9)13-7-10-6-11(15)2-3-12(10)17-13/h2-3,6-7,9,14,16H,4-5,8H2,1H3. The van der Waals surface area contributed by atoms with Crippen molar-refractivity contribution in [2.24, 2.45) is 5.92 Å². The van der Waals surface area contributed by atoms with Crippen LogP contribution >= 0.6 is 11.8 Å². The molecule has 1 fully saturated rings. The van der Waals surface area contributed by atoms with Gasteiger partial charge in [-0.2, -0.15) is 11.8 Å². The monoisotopic (exact) mass is 265 g/mol. The van der Waals surface area contributed by atoms with E-state index in [0.29, 0.717) is 5.92 Å². The van der Waals surface area contributed by atoms with Crippen molar-refractivity contribution in [3.05, 3.63) is 35.8 Å². The molecule has 4 heteroatoms. The second-order valence-electron chi connectivity index (χ2n) is 4.72. The fourth-order valence-corrected chi connectivity index (χ4v) is 3.91. The summed E-state index contributed by atoms with van der Waals surface area (Å²) in [5.74, 6) is 3.69. The van der Waals surface area contributed by atoms with Gasteiger partial charge < -0.3 is 9.73 Å². The van der Waals surface area contributed by atoms with Crippen LogP contribution in [0.2, 0.25) is 0 Å². The highest BCUT2D eigenvalue weighted by molar-refractivity contribution is 7.99. The first-order chi connectivity index (χ1) is 8.78. The Labute approximate surface area is 110 Å². The van der Waals surface area contributed by atoms with E-state index in [0.717, 1.165) is 22.5 Å². The third kappa shape index (κ3) is 2.15. The van der Waals surface area contributed by atoms with Crippen LogP contribution < -0.4 is 5.32 Å². The zero-order chi connectivity index (χ0) is 12.5. The van der Waals surface area contributed by atoms with Crippen molar-refractivity contribution in [1.82, 2.24) is 5.32 Å². The van der Waals surface area contributed by atoms with Gasteiger partial charge in [0.1, 0.15) is 17.2 Å². The summed E-state index contributed by atoms with van der Waals surface area (Å²) >= 11 is 1.99. The van der Waals surface area contributed by atoms with Crippen LogP contribution in [0.5, 0.6) is 0 Å². The third-order valence-electron chi connectivity index (χ3n) is 3.55. The molecule has 1 aliphatic heterocycles. The summed E-state index contributed by atoms with van der Waals surface area (Å²) in [5, 5.41) is 4.18. The molecule has 1 aromatic carbocycles. The van der Waals surface area contributed by atoms with Gasteiger partial charge in [0.15, 0.2) is 0 Å². The van der Waals surface area contributed by atoms with Crippen molar-refractivity contribution in [1.29, 1.82) is 0 Å². The SMILES string of the molecule is CNC(c1cc2cc(F)ccc2o1)C1CCSC1. The molecule has 1 N–H and O–H groups in total. The van der Waals surface area contributed by atoms with Crippen LogP contribution in [0.15, 0.2) is 28.7 Å². The largest absolute Gasteiger partial charge is 0.459 e. The van der Waals surface area contributed by atoms with Gasteiger partial charge in [-0.15, -0.1) is 0 Å². The van der Waals surface area contributed by atoms with Gasteiger partial charge in [0, 0.05) is 5.39 Å². The normalized spacial score (nSPS) is 21.6. The molecule has 0 aliphatic carbocycles. The summed E-state index contributed by atoms with van der Waals surface area (Å²) in [5.41, 5.74) is 0.761. The summed E-state index contributed by atoms with van der Waals surface area (Å²) in [6, 6.07) is 6.86. The van der Waals surface area contributed by atoms with Crippen molar-refractivity contribution in [3.63, 3.8) is 0 Å². The number of thioether (sulfide) groups is 1. The smallest absolute Gasteiger partial charge is 0.134 e. The molecular weight excluding hydrogens is 249 g/mol.